The Hall–Kier alpha value is -3.48. The van der Waals surface area contributed by atoms with Gasteiger partial charge in [0.1, 0.15) is 11.5 Å². The lowest BCUT2D eigenvalue weighted by atomic mass is 9.77. The van der Waals surface area contributed by atoms with E-state index in [0.717, 1.165) is 17.7 Å². The van der Waals surface area contributed by atoms with Crippen molar-refractivity contribution in [2.75, 3.05) is 25.9 Å². The van der Waals surface area contributed by atoms with Gasteiger partial charge in [-0.2, -0.15) is 0 Å². The van der Waals surface area contributed by atoms with Gasteiger partial charge in [-0.25, -0.2) is 0 Å². The minimum Gasteiger partial charge on any atom is -0.497 e. The first-order valence-corrected chi connectivity index (χ1v) is 10.3. The van der Waals surface area contributed by atoms with Crippen molar-refractivity contribution in [1.29, 1.82) is 0 Å². The topological polar surface area (TPSA) is 74.3 Å². The van der Waals surface area contributed by atoms with Crippen molar-refractivity contribution in [3.05, 3.63) is 53.2 Å². The predicted octanol–water partition coefficient (Wildman–Crippen LogP) is 3.96. The number of methoxy groups -OCH3 is 2. The number of amides is 1. The lowest BCUT2D eigenvalue weighted by Crippen LogP contribution is -2.40. The molecule has 5 rings (SSSR count). The molecule has 0 bridgehead atoms. The molecule has 2 heterocycles. The van der Waals surface area contributed by atoms with Crippen LogP contribution in [0.2, 0.25) is 0 Å². The number of benzene rings is 2. The summed E-state index contributed by atoms with van der Waals surface area (Å²) >= 11 is 0. The van der Waals surface area contributed by atoms with Crippen molar-refractivity contribution >= 4 is 17.4 Å². The van der Waals surface area contributed by atoms with Gasteiger partial charge in [0.05, 0.1) is 19.9 Å². The second-order valence-electron chi connectivity index (χ2n) is 7.81. The number of Topliss-reactive ketones (excluding diaryl/α,β-unsaturated/α-hetero) is 1. The highest BCUT2D eigenvalue weighted by molar-refractivity contribution is 6.07. The maximum atomic E-state index is 13.4. The molecular formula is C24H23NO6. The summed E-state index contributed by atoms with van der Waals surface area (Å²) in [5.41, 5.74) is 3.02. The van der Waals surface area contributed by atoms with Crippen molar-refractivity contribution in [3.8, 4) is 23.0 Å². The lowest BCUT2D eigenvalue weighted by Gasteiger charge is -2.38. The molecule has 1 atom stereocenters. The average Bonchev–Trinajstić information content (AvgIpc) is 3.26. The van der Waals surface area contributed by atoms with Crippen LogP contribution >= 0.6 is 0 Å². The monoisotopic (exact) mass is 421 g/mol. The maximum Gasteiger partial charge on any atom is 0.232 e. The van der Waals surface area contributed by atoms with Crippen LogP contribution in [0.15, 0.2) is 47.7 Å². The number of hydrogen-bond donors (Lipinski definition) is 0. The van der Waals surface area contributed by atoms with Gasteiger partial charge in [-0.1, -0.05) is 6.07 Å². The molecule has 3 aliphatic rings. The fourth-order valence-corrected chi connectivity index (χ4v) is 4.63. The first kappa shape index (κ1) is 19.5. The van der Waals surface area contributed by atoms with Crippen molar-refractivity contribution in [3.63, 3.8) is 0 Å². The van der Waals surface area contributed by atoms with Gasteiger partial charge in [0.2, 0.25) is 12.7 Å². The molecular weight excluding hydrogens is 398 g/mol. The number of allylic oxidation sites excluding steroid dienone is 2. The Balaban J connectivity index is 1.63. The Morgan fingerprint density at radius 2 is 1.68 bits per heavy atom. The number of nitrogens with zero attached hydrogens (tertiary/aromatic N) is 1. The zero-order valence-electron chi connectivity index (χ0n) is 17.5. The first-order valence-electron chi connectivity index (χ1n) is 10.3. The zero-order chi connectivity index (χ0) is 21.5. The van der Waals surface area contributed by atoms with E-state index in [1.54, 1.807) is 37.3 Å². The van der Waals surface area contributed by atoms with Crippen LogP contribution in [0.4, 0.5) is 5.69 Å². The Bertz CT molecular complexity index is 1080. The number of anilines is 1. The third-order valence-corrected chi connectivity index (χ3v) is 6.07. The number of hydrogen-bond acceptors (Lipinski definition) is 6. The molecule has 31 heavy (non-hydrogen) atoms. The number of carbonyl (C=O) groups excluding carboxylic acids is 2. The molecule has 7 nitrogen and oxygen atoms in total. The van der Waals surface area contributed by atoms with Crippen LogP contribution in [0.5, 0.6) is 23.0 Å². The molecule has 2 aliphatic heterocycles. The number of carbonyl (C=O) groups is 2. The summed E-state index contributed by atoms with van der Waals surface area (Å²) in [6, 6.07) is 11.0. The van der Waals surface area contributed by atoms with Gasteiger partial charge in [-0.05, 0) is 30.5 Å². The molecule has 2 aromatic rings. The van der Waals surface area contributed by atoms with E-state index in [4.69, 9.17) is 18.9 Å². The highest BCUT2D eigenvalue weighted by atomic mass is 16.7. The second kappa shape index (κ2) is 7.65. The van der Waals surface area contributed by atoms with Crippen LogP contribution in [0.1, 0.15) is 37.2 Å². The number of ketones is 1. The molecule has 0 fully saturated rings. The fourth-order valence-electron chi connectivity index (χ4n) is 4.63. The molecule has 7 heteroatoms. The fraction of sp³-hybridized carbons (Fsp3) is 0.333. The van der Waals surface area contributed by atoms with E-state index in [1.807, 2.05) is 18.2 Å². The van der Waals surface area contributed by atoms with Gasteiger partial charge in [0.15, 0.2) is 17.3 Å². The molecule has 160 valence electrons. The van der Waals surface area contributed by atoms with Crippen LogP contribution < -0.4 is 23.8 Å². The summed E-state index contributed by atoms with van der Waals surface area (Å²) in [5.74, 6) is 2.24. The van der Waals surface area contributed by atoms with E-state index in [9.17, 15) is 9.59 Å². The van der Waals surface area contributed by atoms with E-state index >= 15 is 0 Å². The second-order valence-corrected chi connectivity index (χ2v) is 7.81. The molecule has 1 amide bonds. The van der Waals surface area contributed by atoms with Crippen molar-refractivity contribution in [1.82, 2.24) is 0 Å². The van der Waals surface area contributed by atoms with Crippen molar-refractivity contribution < 1.29 is 28.5 Å². The van der Waals surface area contributed by atoms with Gasteiger partial charge < -0.3 is 18.9 Å². The normalized spacial score (nSPS) is 20.1. The molecule has 1 unspecified atom stereocenters. The largest absolute Gasteiger partial charge is 0.497 e. The summed E-state index contributed by atoms with van der Waals surface area (Å²) in [6.45, 7) is 0.181. The Morgan fingerprint density at radius 1 is 0.935 bits per heavy atom. The molecule has 0 N–H and O–H groups in total. The highest BCUT2D eigenvalue weighted by Gasteiger charge is 2.40. The summed E-state index contributed by atoms with van der Waals surface area (Å²) in [6.07, 6.45) is 2.07. The smallest absolute Gasteiger partial charge is 0.232 e. The standard InChI is InChI=1S/C24H23NO6/c1-28-16-9-15(10-17(11-16)29-2)25-19-4-3-5-20(26)24(19)18(12-23(25)27)14-6-7-21-22(8-14)31-13-30-21/h6-11,18H,3-5,12-13H2,1-2H3. The third kappa shape index (κ3) is 3.30. The predicted molar refractivity (Wildman–Crippen MR) is 113 cm³/mol. The highest BCUT2D eigenvalue weighted by Crippen LogP contribution is 2.46. The van der Waals surface area contributed by atoms with Crippen LogP contribution in [0, 0.1) is 0 Å². The molecule has 0 saturated carbocycles. The van der Waals surface area contributed by atoms with E-state index in [0.29, 0.717) is 47.1 Å². The SMILES string of the molecule is COc1cc(OC)cc(N2C(=O)CC(c3ccc4c(c3)OCO4)C3=C2CCCC3=O)c1. The van der Waals surface area contributed by atoms with Crippen molar-refractivity contribution in [2.24, 2.45) is 0 Å². The zero-order valence-corrected chi connectivity index (χ0v) is 17.5. The first-order chi connectivity index (χ1) is 15.1. The van der Waals surface area contributed by atoms with E-state index in [1.165, 1.54) is 0 Å². The molecule has 2 aromatic carbocycles. The molecule has 0 aromatic heterocycles. The number of fused-ring (bicyclic) bond motifs is 1. The summed E-state index contributed by atoms with van der Waals surface area (Å²) in [7, 11) is 3.14. The summed E-state index contributed by atoms with van der Waals surface area (Å²) in [4.78, 5) is 28.2. The number of rotatable bonds is 4. The Labute approximate surface area is 180 Å². The van der Waals surface area contributed by atoms with Gasteiger partial charge in [-0.15, -0.1) is 0 Å². The summed E-state index contributed by atoms with van der Waals surface area (Å²) in [5, 5.41) is 0. The van der Waals surface area contributed by atoms with Crippen LogP contribution in [-0.4, -0.2) is 32.7 Å². The van der Waals surface area contributed by atoms with Gasteiger partial charge in [0.25, 0.3) is 0 Å². The van der Waals surface area contributed by atoms with Crippen LogP contribution in [0.3, 0.4) is 0 Å². The van der Waals surface area contributed by atoms with E-state index in [2.05, 4.69) is 0 Å². The number of ether oxygens (including phenoxy) is 4. The van der Waals surface area contributed by atoms with Gasteiger partial charge >= 0.3 is 0 Å². The average molecular weight is 421 g/mol. The maximum absolute atomic E-state index is 13.4. The molecule has 0 saturated heterocycles. The Kier molecular flexibility index (Phi) is 4.81. The van der Waals surface area contributed by atoms with Gasteiger partial charge in [0, 0.05) is 48.2 Å². The van der Waals surface area contributed by atoms with E-state index < -0.39 is 0 Å². The van der Waals surface area contributed by atoms with Crippen LogP contribution in [0.25, 0.3) is 0 Å². The van der Waals surface area contributed by atoms with Crippen LogP contribution in [-0.2, 0) is 9.59 Å². The minimum atomic E-state index is -0.298. The minimum absolute atomic E-state index is 0.0635. The third-order valence-electron chi connectivity index (χ3n) is 6.07. The molecule has 0 spiro atoms. The van der Waals surface area contributed by atoms with Gasteiger partial charge in [-0.3, -0.25) is 14.5 Å². The lowest BCUT2D eigenvalue weighted by molar-refractivity contribution is -0.119. The quantitative estimate of drug-likeness (QED) is 0.744. The molecule has 1 aliphatic carbocycles. The summed E-state index contributed by atoms with van der Waals surface area (Å²) < 4.78 is 21.7. The van der Waals surface area contributed by atoms with Crippen molar-refractivity contribution in [2.45, 2.75) is 31.6 Å². The molecule has 0 radical (unpaired) electrons. The van der Waals surface area contributed by atoms with E-state index in [-0.39, 0.29) is 30.8 Å². The Morgan fingerprint density at radius 3 is 2.42 bits per heavy atom.